The Balaban J connectivity index is 1.56. The Hall–Kier alpha value is -0.120. The van der Waals surface area contributed by atoms with Crippen LogP contribution in [0.5, 0.6) is 0 Å². The van der Waals surface area contributed by atoms with Crippen molar-refractivity contribution in [2.75, 3.05) is 19.8 Å². The molecule has 13 heavy (non-hydrogen) atoms. The number of nitrogens with one attached hydrogen (secondary N) is 1. The molecular formula is C10H19NO2. The molecule has 1 saturated carbocycles. The molecule has 76 valence electrons. The number of aliphatic hydroxyl groups excluding tert-OH is 1. The van der Waals surface area contributed by atoms with E-state index < -0.39 is 0 Å². The van der Waals surface area contributed by atoms with Crippen LogP contribution in [0.3, 0.4) is 0 Å². The van der Waals surface area contributed by atoms with Crippen molar-refractivity contribution >= 4 is 0 Å². The zero-order valence-corrected chi connectivity index (χ0v) is 8.04. The lowest BCUT2D eigenvalue weighted by Gasteiger charge is -2.33. The van der Waals surface area contributed by atoms with Crippen LogP contribution in [0.1, 0.15) is 25.7 Å². The number of hydrogen-bond donors (Lipinski definition) is 2. The highest BCUT2D eigenvalue weighted by Gasteiger charge is 2.27. The molecule has 1 aliphatic carbocycles. The Morgan fingerprint density at radius 1 is 1.23 bits per heavy atom. The minimum absolute atomic E-state index is 0.0125. The Morgan fingerprint density at radius 3 is 2.54 bits per heavy atom. The molecule has 0 aromatic carbocycles. The van der Waals surface area contributed by atoms with Crippen LogP contribution in [-0.4, -0.2) is 37.0 Å². The predicted molar refractivity (Wildman–Crippen MR) is 50.6 cm³/mol. The van der Waals surface area contributed by atoms with Gasteiger partial charge in [-0.05, 0) is 38.1 Å². The SMILES string of the molecule is OC1CC(CNC2CCOCC2)C1. The number of rotatable bonds is 3. The summed E-state index contributed by atoms with van der Waals surface area (Å²) in [7, 11) is 0. The predicted octanol–water partition coefficient (Wildman–Crippen LogP) is 0.526. The maximum absolute atomic E-state index is 9.11. The average Bonchev–Trinajstić information content (AvgIpc) is 2.12. The molecule has 1 heterocycles. The molecular weight excluding hydrogens is 166 g/mol. The van der Waals surface area contributed by atoms with Gasteiger partial charge in [-0.25, -0.2) is 0 Å². The van der Waals surface area contributed by atoms with Gasteiger partial charge in [-0.2, -0.15) is 0 Å². The van der Waals surface area contributed by atoms with Crippen LogP contribution in [0.4, 0.5) is 0 Å². The second-order valence-corrected chi connectivity index (χ2v) is 4.29. The Bertz CT molecular complexity index is 151. The first-order valence-corrected chi connectivity index (χ1v) is 5.34. The lowest BCUT2D eigenvalue weighted by atomic mass is 9.82. The van der Waals surface area contributed by atoms with Crippen molar-refractivity contribution in [1.29, 1.82) is 0 Å². The molecule has 0 atom stereocenters. The highest BCUT2D eigenvalue weighted by molar-refractivity contribution is 4.82. The topological polar surface area (TPSA) is 41.5 Å². The molecule has 1 saturated heterocycles. The summed E-state index contributed by atoms with van der Waals surface area (Å²) in [6.45, 7) is 2.90. The van der Waals surface area contributed by atoms with Crippen LogP contribution in [-0.2, 0) is 4.74 Å². The van der Waals surface area contributed by atoms with Crippen molar-refractivity contribution in [2.24, 2.45) is 5.92 Å². The normalized spacial score (nSPS) is 35.8. The molecule has 0 spiro atoms. The van der Waals surface area contributed by atoms with E-state index in [1.54, 1.807) is 0 Å². The highest BCUT2D eigenvalue weighted by atomic mass is 16.5. The molecule has 0 radical (unpaired) electrons. The zero-order chi connectivity index (χ0) is 9.10. The van der Waals surface area contributed by atoms with E-state index in [9.17, 15) is 0 Å². The monoisotopic (exact) mass is 185 g/mol. The second-order valence-electron chi connectivity index (χ2n) is 4.29. The fraction of sp³-hybridized carbons (Fsp3) is 1.00. The van der Waals surface area contributed by atoms with Crippen molar-refractivity contribution < 1.29 is 9.84 Å². The van der Waals surface area contributed by atoms with Gasteiger partial charge in [-0.15, -0.1) is 0 Å². The van der Waals surface area contributed by atoms with Gasteiger partial charge in [0, 0.05) is 19.3 Å². The molecule has 2 fully saturated rings. The number of ether oxygens (including phenoxy) is 1. The largest absolute Gasteiger partial charge is 0.393 e. The molecule has 3 heteroatoms. The number of aliphatic hydroxyl groups is 1. The van der Waals surface area contributed by atoms with E-state index >= 15 is 0 Å². The summed E-state index contributed by atoms with van der Waals surface area (Å²) in [6, 6.07) is 0.659. The van der Waals surface area contributed by atoms with E-state index in [4.69, 9.17) is 9.84 Å². The van der Waals surface area contributed by atoms with Crippen LogP contribution in [0, 0.1) is 5.92 Å². The summed E-state index contributed by atoms with van der Waals surface area (Å²) >= 11 is 0. The van der Waals surface area contributed by atoms with Gasteiger partial charge in [0.15, 0.2) is 0 Å². The first-order valence-electron chi connectivity index (χ1n) is 5.34. The van der Waals surface area contributed by atoms with Crippen LogP contribution in [0.15, 0.2) is 0 Å². The van der Waals surface area contributed by atoms with Gasteiger partial charge >= 0.3 is 0 Å². The van der Waals surface area contributed by atoms with Crippen molar-refractivity contribution in [3.8, 4) is 0 Å². The fourth-order valence-electron chi connectivity index (χ4n) is 2.10. The van der Waals surface area contributed by atoms with Crippen molar-refractivity contribution in [1.82, 2.24) is 5.32 Å². The Morgan fingerprint density at radius 2 is 1.92 bits per heavy atom. The fourth-order valence-corrected chi connectivity index (χ4v) is 2.10. The highest BCUT2D eigenvalue weighted by Crippen LogP contribution is 2.26. The average molecular weight is 185 g/mol. The minimum atomic E-state index is -0.0125. The van der Waals surface area contributed by atoms with Gasteiger partial charge in [0.1, 0.15) is 0 Å². The molecule has 0 aromatic rings. The van der Waals surface area contributed by atoms with Gasteiger partial charge < -0.3 is 15.2 Å². The van der Waals surface area contributed by atoms with E-state index in [1.807, 2.05) is 0 Å². The minimum Gasteiger partial charge on any atom is -0.393 e. The summed E-state index contributed by atoms with van der Waals surface area (Å²) < 4.78 is 5.28. The van der Waals surface area contributed by atoms with Gasteiger partial charge in [0.05, 0.1) is 6.10 Å². The summed E-state index contributed by atoms with van der Waals surface area (Å²) in [5, 5.41) is 12.7. The summed E-state index contributed by atoms with van der Waals surface area (Å²) in [5.41, 5.74) is 0. The van der Waals surface area contributed by atoms with Crippen LogP contribution in [0.25, 0.3) is 0 Å². The zero-order valence-electron chi connectivity index (χ0n) is 8.04. The van der Waals surface area contributed by atoms with Crippen LogP contribution in [0.2, 0.25) is 0 Å². The molecule has 1 aliphatic heterocycles. The smallest absolute Gasteiger partial charge is 0.0546 e. The third-order valence-electron chi connectivity index (χ3n) is 3.13. The van der Waals surface area contributed by atoms with Crippen molar-refractivity contribution in [3.63, 3.8) is 0 Å². The molecule has 2 N–H and O–H groups in total. The van der Waals surface area contributed by atoms with Gasteiger partial charge in [0.2, 0.25) is 0 Å². The summed E-state index contributed by atoms with van der Waals surface area (Å²) in [4.78, 5) is 0. The van der Waals surface area contributed by atoms with Gasteiger partial charge in [-0.3, -0.25) is 0 Å². The molecule has 3 nitrogen and oxygen atoms in total. The van der Waals surface area contributed by atoms with Gasteiger partial charge in [0.25, 0.3) is 0 Å². The van der Waals surface area contributed by atoms with E-state index in [2.05, 4.69) is 5.32 Å². The standard InChI is InChI=1S/C10H19NO2/c12-10-5-8(6-10)7-11-9-1-3-13-4-2-9/h8-12H,1-7H2. The van der Waals surface area contributed by atoms with E-state index in [-0.39, 0.29) is 6.10 Å². The second kappa shape index (κ2) is 4.40. The van der Waals surface area contributed by atoms with Crippen molar-refractivity contribution in [3.05, 3.63) is 0 Å². The van der Waals surface area contributed by atoms with Crippen molar-refractivity contribution in [2.45, 2.75) is 37.8 Å². The van der Waals surface area contributed by atoms with Crippen LogP contribution < -0.4 is 5.32 Å². The molecule has 0 bridgehead atoms. The number of hydrogen-bond acceptors (Lipinski definition) is 3. The Labute approximate surface area is 79.5 Å². The first kappa shape index (κ1) is 9.44. The summed E-state index contributed by atoms with van der Waals surface area (Å²) in [5.74, 6) is 0.720. The molecule has 0 unspecified atom stereocenters. The first-order chi connectivity index (χ1) is 6.34. The Kier molecular flexibility index (Phi) is 3.19. The lowest BCUT2D eigenvalue weighted by molar-refractivity contribution is 0.0357. The molecule has 0 aromatic heterocycles. The van der Waals surface area contributed by atoms with E-state index in [1.165, 1.54) is 0 Å². The third kappa shape index (κ3) is 2.66. The maximum Gasteiger partial charge on any atom is 0.0546 e. The molecule has 2 aliphatic rings. The lowest BCUT2D eigenvalue weighted by Crippen LogP contribution is -2.42. The third-order valence-corrected chi connectivity index (χ3v) is 3.13. The molecule has 2 rings (SSSR count). The van der Waals surface area contributed by atoms with Gasteiger partial charge in [-0.1, -0.05) is 0 Å². The maximum atomic E-state index is 9.11. The summed E-state index contributed by atoms with van der Waals surface area (Å²) in [6.07, 6.45) is 4.28. The van der Waals surface area contributed by atoms with Crippen LogP contribution >= 0.6 is 0 Å². The molecule has 0 amide bonds. The van der Waals surface area contributed by atoms with E-state index in [0.29, 0.717) is 6.04 Å². The quantitative estimate of drug-likeness (QED) is 0.674. The van der Waals surface area contributed by atoms with E-state index in [0.717, 1.165) is 51.4 Å².